The molecule has 0 aliphatic rings. The smallest absolute Gasteiger partial charge is 0.217 e. The molecule has 0 aliphatic carbocycles. The van der Waals surface area contributed by atoms with Crippen LogP contribution in [-0.2, 0) is 11.2 Å². The van der Waals surface area contributed by atoms with Gasteiger partial charge in [-0.2, -0.15) is 0 Å². The van der Waals surface area contributed by atoms with Crippen molar-refractivity contribution in [2.24, 2.45) is 11.7 Å². The summed E-state index contributed by atoms with van der Waals surface area (Å²) in [5.41, 5.74) is 6.18. The number of carbonyl (C=O) groups excluding carboxylic acids is 1. The minimum atomic E-state index is -0.268. The lowest BCUT2D eigenvalue weighted by Gasteiger charge is -2.12. The molecule has 0 radical (unpaired) electrons. The van der Waals surface area contributed by atoms with Gasteiger partial charge in [0.1, 0.15) is 5.75 Å². The van der Waals surface area contributed by atoms with Crippen LogP contribution in [0.15, 0.2) is 24.3 Å². The van der Waals surface area contributed by atoms with Gasteiger partial charge in [0.15, 0.2) is 0 Å². The summed E-state index contributed by atoms with van der Waals surface area (Å²) in [6.45, 7) is 2.76. The van der Waals surface area contributed by atoms with Crippen LogP contribution in [-0.4, -0.2) is 24.2 Å². The van der Waals surface area contributed by atoms with E-state index in [4.69, 9.17) is 15.6 Å². The molecular weight excluding hydrogens is 230 g/mol. The average molecular weight is 251 g/mol. The maximum absolute atomic E-state index is 10.6. The first kappa shape index (κ1) is 14.5. The minimum absolute atomic E-state index is 0.157. The Labute approximate surface area is 108 Å². The lowest BCUT2D eigenvalue weighted by molar-refractivity contribution is -0.118. The zero-order chi connectivity index (χ0) is 13.4. The largest absolute Gasteiger partial charge is 0.493 e. The highest BCUT2D eigenvalue weighted by Gasteiger charge is 2.05. The summed E-state index contributed by atoms with van der Waals surface area (Å²) in [7, 11) is 0. The van der Waals surface area contributed by atoms with E-state index in [9.17, 15) is 4.79 Å². The quantitative estimate of drug-likeness (QED) is 0.735. The van der Waals surface area contributed by atoms with Crippen molar-refractivity contribution in [2.75, 3.05) is 13.2 Å². The van der Waals surface area contributed by atoms with E-state index in [1.165, 1.54) is 0 Å². The molecule has 1 amide bonds. The zero-order valence-corrected chi connectivity index (χ0v) is 10.8. The molecular formula is C14H21NO3. The number of hydrogen-bond donors (Lipinski definition) is 2. The van der Waals surface area contributed by atoms with Crippen LogP contribution in [0.4, 0.5) is 0 Å². The lowest BCUT2D eigenvalue weighted by atomic mass is 10.1. The fourth-order valence-corrected chi connectivity index (χ4v) is 1.59. The third-order valence-electron chi connectivity index (χ3n) is 2.74. The Morgan fingerprint density at radius 1 is 1.39 bits per heavy atom. The average Bonchev–Trinajstić information content (AvgIpc) is 2.36. The third-order valence-corrected chi connectivity index (χ3v) is 2.74. The van der Waals surface area contributed by atoms with Crippen molar-refractivity contribution >= 4 is 5.91 Å². The molecule has 4 nitrogen and oxygen atoms in total. The fourth-order valence-electron chi connectivity index (χ4n) is 1.59. The van der Waals surface area contributed by atoms with E-state index >= 15 is 0 Å². The second-order valence-corrected chi connectivity index (χ2v) is 4.54. The predicted octanol–water partition coefficient (Wildman–Crippen LogP) is 1.50. The van der Waals surface area contributed by atoms with Crippen molar-refractivity contribution in [3.63, 3.8) is 0 Å². The van der Waals surface area contributed by atoms with E-state index < -0.39 is 0 Å². The van der Waals surface area contributed by atoms with Crippen LogP contribution in [0.2, 0.25) is 0 Å². The van der Waals surface area contributed by atoms with Gasteiger partial charge in [-0.3, -0.25) is 4.79 Å². The molecule has 100 valence electrons. The molecule has 0 heterocycles. The first-order valence-corrected chi connectivity index (χ1v) is 6.22. The molecule has 4 heteroatoms. The van der Waals surface area contributed by atoms with Gasteiger partial charge in [-0.25, -0.2) is 0 Å². The molecule has 1 aromatic rings. The summed E-state index contributed by atoms with van der Waals surface area (Å²) < 4.78 is 5.62. The highest BCUT2D eigenvalue weighted by atomic mass is 16.5. The summed E-state index contributed by atoms with van der Waals surface area (Å²) >= 11 is 0. The van der Waals surface area contributed by atoms with Gasteiger partial charge in [0.2, 0.25) is 5.91 Å². The number of aliphatic hydroxyl groups excluding tert-OH is 1. The van der Waals surface area contributed by atoms with Crippen molar-refractivity contribution in [2.45, 2.75) is 26.2 Å². The molecule has 0 spiro atoms. The SMILES string of the molecule is C[C@H](CCC(N)=O)COc1ccc(CCO)cc1. The van der Waals surface area contributed by atoms with Gasteiger partial charge in [-0.1, -0.05) is 19.1 Å². The first-order chi connectivity index (χ1) is 8.61. The molecule has 3 N–H and O–H groups in total. The Morgan fingerprint density at radius 3 is 2.61 bits per heavy atom. The molecule has 0 aromatic heterocycles. The van der Waals surface area contributed by atoms with E-state index in [0.29, 0.717) is 25.4 Å². The summed E-state index contributed by atoms with van der Waals surface area (Å²) in [4.78, 5) is 10.6. The number of amides is 1. The van der Waals surface area contributed by atoms with Crippen molar-refractivity contribution in [3.05, 3.63) is 29.8 Å². The Bertz CT molecular complexity index is 362. The Kier molecular flexibility index (Phi) is 6.22. The van der Waals surface area contributed by atoms with Crippen molar-refractivity contribution < 1.29 is 14.6 Å². The van der Waals surface area contributed by atoms with Crippen LogP contribution < -0.4 is 10.5 Å². The number of nitrogens with two attached hydrogens (primary N) is 1. The summed E-state index contributed by atoms with van der Waals surface area (Å²) in [5.74, 6) is 0.840. The molecule has 0 bridgehead atoms. The topological polar surface area (TPSA) is 72.6 Å². The molecule has 1 atom stereocenters. The Morgan fingerprint density at radius 2 is 2.06 bits per heavy atom. The van der Waals surface area contributed by atoms with Crippen LogP contribution in [0, 0.1) is 5.92 Å². The minimum Gasteiger partial charge on any atom is -0.493 e. The molecule has 1 rings (SSSR count). The van der Waals surface area contributed by atoms with Gasteiger partial charge < -0.3 is 15.6 Å². The molecule has 0 unspecified atom stereocenters. The normalized spacial score (nSPS) is 12.1. The van der Waals surface area contributed by atoms with Crippen molar-refractivity contribution in [1.29, 1.82) is 0 Å². The summed E-state index contributed by atoms with van der Waals surface area (Å²) in [6.07, 6.45) is 1.81. The van der Waals surface area contributed by atoms with E-state index in [2.05, 4.69) is 0 Å². The van der Waals surface area contributed by atoms with E-state index in [0.717, 1.165) is 17.7 Å². The molecule has 0 saturated carbocycles. The van der Waals surface area contributed by atoms with Gasteiger partial charge in [-0.15, -0.1) is 0 Å². The van der Waals surface area contributed by atoms with Crippen molar-refractivity contribution in [1.82, 2.24) is 0 Å². The zero-order valence-electron chi connectivity index (χ0n) is 10.8. The van der Waals surface area contributed by atoms with Crippen LogP contribution in [0.1, 0.15) is 25.3 Å². The van der Waals surface area contributed by atoms with Crippen molar-refractivity contribution in [3.8, 4) is 5.75 Å². The molecule has 0 fully saturated rings. The fraction of sp³-hybridized carbons (Fsp3) is 0.500. The number of carbonyl (C=O) groups is 1. The van der Waals surface area contributed by atoms with Gasteiger partial charge in [0, 0.05) is 13.0 Å². The number of ether oxygens (including phenoxy) is 1. The second kappa shape index (κ2) is 7.71. The number of aliphatic hydroxyl groups is 1. The maximum atomic E-state index is 10.6. The van der Waals surface area contributed by atoms with E-state index in [1.807, 2.05) is 31.2 Å². The highest BCUT2D eigenvalue weighted by molar-refractivity contribution is 5.73. The number of hydrogen-bond acceptors (Lipinski definition) is 3. The number of rotatable bonds is 8. The van der Waals surface area contributed by atoms with Crippen LogP contribution >= 0.6 is 0 Å². The van der Waals surface area contributed by atoms with Crippen LogP contribution in [0.3, 0.4) is 0 Å². The Hall–Kier alpha value is -1.55. The molecule has 18 heavy (non-hydrogen) atoms. The van der Waals surface area contributed by atoms with Gasteiger partial charge in [0.05, 0.1) is 6.61 Å². The van der Waals surface area contributed by atoms with Gasteiger partial charge >= 0.3 is 0 Å². The molecule has 1 aromatic carbocycles. The maximum Gasteiger partial charge on any atom is 0.217 e. The van der Waals surface area contributed by atoms with Crippen LogP contribution in [0.25, 0.3) is 0 Å². The van der Waals surface area contributed by atoms with E-state index in [1.54, 1.807) is 0 Å². The number of benzene rings is 1. The second-order valence-electron chi connectivity index (χ2n) is 4.54. The highest BCUT2D eigenvalue weighted by Crippen LogP contribution is 2.14. The summed E-state index contributed by atoms with van der Waals surface area (Å²) in [5, 5.41) is 8.80. The summed E-state index contributed by atoms with van der Waals surface area (Å²) in [6, 6.07) is 7.68. The van der Waals surface area contributed by atoms with E-state index in [-0.39, 0.29) is 12.5 Å². The number of primary amides is 1. The van der Waals surface area contributed by atoms with Gasteiger partial charge in [0.25, 0.3) is 0 Å². The Balaban J connectivity index is 2.31. The van der Waals surface area contributed by atoms with Crippen LogP contribution in [0.5, 0.6) is 5.75 Å². The predicted molar refractivity (Wildman–Crippen MR) is 70.3 cm³/mol. The molecule has 0 aliphatic heterocycles. The monoisotopic (exact) mass is 251 g/mol. The third kappa shape index (κ3) is 5.68. The first-order valence-electron chi connectivity index (χ1n) is 6.22. The lowest BCUT2D eigenvalue weighted by Crippen LogP contribution is -2.15. The standard InChI is InChI=1S/C14H21NO3/c1-11(2-7-14(15)17)10-18-13-5-3-12(4-6-13)8-9-16/h3-6,11,16H,2,7-10H2,1H3,(H2,15,17)/t11-/m1/s1. The molecule has 0 saturated heterocycles. The van der Waals surface area contributed by atoms with Gasteiger partial charge in [-0.05, 0) is 36.5 Å².